The van der Waals surface area contributed by atoms with E-state index in [4.69, 9.17) is 4.74 Å². The quantitative estimate of drug-likeness (QED) is 0.153. The fraction of sp³-hybridized carbons (Fsp3) is 0.267. The average Bonchev–Trinajstić information content (AvgIpc) is 3.34. The monoisotopic (exact) mass is 527 g/mol. The summed E-state index contributed by atoms with van der Waals surface area (Å²) in [6, 6.07) is 26.0. The summed E-state index contributed by atoms with van der Waals surface area (Å²) in [5.74, 6) is 1.54. The molecular formula is C30H33N5O2S. The molecule has 1 amide bonds. The molecule has 7 nitrogen and oxygen atoms in total. The fourth-order valence-corrected chi connectivity index (χ4v) is 4.54. The zero-order valence-corrected chi connectivity index (χ0v) is 23.0. The average molecular weight is 528 g/mol. The third-order valence-electron chi connectivity index (χ3n) is 5.91. The zero-order valence-electron chi connectivity index (χ0n) is 22.2. The lowest BCUT2D eigenvalue weighted by atomic mass is 9.87. The van der Waals surface area contributed by atoms with Gasteiger partial charge in [-0.3, -0.25) is 4.79 Å². The number of carbonyl (C=O) groups excluding carboxylic acids is 1. The largest absolute Gasteiger partial charge is 0.489 e. The van der Waals surface area contributed by atoms with Crippen molar-refractivity contribution in [1.82, 2.24) is 20.2 Å². The molecule has 3 aromatic carbocycles. The van der Waals surface area contributed by atoms with Crippen molar-refractivity contribution in [3.63, 3.8) is 0 Å². The van der Waals surface area contributed by atoms with Gasteiger partial charge in [0.1, 0.15) is 12.4 Å². The van der Waals surface area contributed by atoms with E-state index in [1.165, 1.54) is 17.3 Å². The predicted molar refractivity (Wildman–Crippen MR) is 154 cm³/mol. The lowest BCUT2D eigenvalue weighted by Crippen LogP contribution is -2.20. The van der Waals surface area contributed by atoms with Gasteiger partial charge in [-0.15, -0.1) is 10.2 Å². The van der Waals surface area contributed by atoms with Gasteiger partial charge >= 0.3 is 0 Å². The molecule has 1 aromatic heterocycles. The molecule has 0 bridgehead atoms. The summed E-state index contributed by atoms with van der Waals surface area (Å²) in [6.07, 6.45) is 1.61. The zero-order chi connectivity index (χ0) is 27.0. The van der Waals surface area contributed by atoms with Crippen molar-refractivity contribution < 1.29 is 9.53 Å². The lowest BCUT2D eigenvalue weighted by molar-refractivity contribution is -0.118. The van der Waals surface area contributed by atoms with E-state index >= 15 is 0 Å². The molecular weight excluding hydrogens is 494 g/mol. The summed E-state index contributed by atoms with van der Waals surface area (Å²) in [5, 5.41) is 13.5. The number of hydrogen-bond donors (Lipinski definition) is 1. The Morgan fingerprint density at radius 3 is 2.37 bits per heavy atom. The van der Waals surface area contributed by atoms with Crippen LogP contribution in [0.3, 0.4) is 0 Å². The predicted octanol–water partition coefficient (Wildman–Crippen LogP) is 6.08. The molecule has 0 aliphatic carbocycles. The smallest absolute Gasteiger partial charge is 0.250 e. The van der Waals surface area contributed by atoms with E-state index in [1.807, 2.05) is 66.1 Å². The maximum atomic E-state index is 12.4. The van der Waals surface area contributed by atoms with Crippen molar-refractivity contribution in [3.05, 3.63) is 95.6 Å². The molecule has 1 heterocycles. The highest BCUT2D eigenvalue weighted by Gasteiger charge is 2.17. The van der Waals surface area contributed by atoms with E-state index in [2.05, 4.69) is 65.8 Å². The maximum absolute atomic E-state index is 12.4. The van der Waals surface area contributed by atoms with Gasteiger partial charge in [-0.2, -0.15) is 5.10 Å². The standard InChI is InChI=1S/C30H33N5O2S/c1-5-35-28(24-13-15-25(16-14-24)30(2,3)4)33-34-29(35)38-21-27(36)32-31-19-22-11-17-26(18-12-22)37-20-23-9-7-6-8-10-23/h6-19H,5,20-21H2,1-4H3,(H,32,36)/b31-19-. The van der Waals surface area contributed by atoms with Crippen molar-refractivity contribution in [2.24, 2.45) is 5.10 Å². The lowest BCUT2D eigenvalue weighted by Gasteiger charge is -2.19. The van der Waals surface area contributed by atoms with Gasteiger partial charge in [-0.05, 0) is 53.3 Å². The summed E-state index contributed by atoms with van der Waals surface area (Å²) in [5.41, 5.74) is 6.91. The maximum Gasteiger partial charge on any atom is 0.250 e. The molecule has 0 fully saturated rings. The third-order valence-corrected chi connectivity index (χ3v) is 6.87. The second-order valence-corrected chi connectivity index (χ2v) is 10.7. The number of rotatable bonds is 10. The Morgan fingerprint density at radius 2 is 1.71 bits per heavy atom. The highest BCUT2D eigenvalue weighted by atomic mass is 32.2. The highest BCUT2D eigenvalue weighted by Crippen LogP contribution is 2.27. The third kappa shape index (κ3) is 7.32. The van der Waals surface area contributed by atoms with E-state index in [-0.39, 0.29) is 17.1 Å². The number of carbonyl (C=O) groups is 1. The number of thioether (sulfide) groups is 1. The van der Waals surface area contributed by atoms with Crippen LogP contribution in [0.25, 0.3) is 11.4 Å². The minimum atomic E-state index is -0.212. The molecule has 0 saturated heterocycles. The van der Waals surface area contributed by atoms with Crippen molar-refractivity contribution >= 4 is 23.9 Å². The molecule has 0 unspecified atom stereocenters. The van der Waals surface area contributed by atoms with E-state index in [1.54, 1.807) is 6.21 Å². The van der Waals surface area contributed by atoms with Gasteiger partial charge in [0.05, 0.1) is 12.0 Å². The molecule has 0 saturated carbocycles. The first-order chi connectivity index (χ1) is 18.3. The Bertz CT molecular complexity index is 1360. The van der Waals surface area contributed by atoms with E-state index in [9.17, 15) is 4.79 Å². The molecule has 1 N–H and O–H groups in total. The molecule has 0 atom stereocenters. The summed E-state index contributed by atoms with van der Waals surface area (Å²) < 4.78 is 7.82. The van der Waals surface area contributed by atoms with Crippen LogP contribution in [0.1, 0.15) is 44.4 Å². The van der Waals surface area contributed by atoms with Gasteiger partial charge in [0, 0.05) is 12.1 Å². The van der Waals surface area contributed by atoms with Crippen LogP contribution >= 0.6 is 11.8 Å². The van der Waals surface area contributed by atoms with Crippen LogP contribution in [0, 0.1) is 0 Å². The van der Waals surface area contributed by atoms with Crippen molar-refractivity contribution in [1.29, 1.82) is 0 Å². The van der Waals surface area contributed by atoms with Crippen LogP contribution in [-0.4, -0.2) is 32.6 Å². The summed E-state index contributed by atoms with van der Waals surface area (Å²) in [7, 11) is 0. The molecule has 0 aliphatic heterocycles. The summed E-state index contributed by atoms with van der Waals surface area (Å²) >= 11 is 1.34. The van der Waals surface area contributed by atoms with E-state index in [0.717, 1.165) is 28.3 Å². The number of hydrazone groups is 1. The van der Waals surface area contributed by atoms with Crippen LogP contribution in [0.2, 0.25) is 0 Å². The molecule has 38 heavy (non-hydrogen) atoms. The Kier molecular flexibility index (Phi) is 8.97. The minimum absolute atomic E-state index is 0.0915. The molecule has 4 rings (SSSR count). The number of amides is 1. The van der Waals surface area contributed by atoms with Gasteiger partial charge < -0.3 is 9.30 Å². The van der Waals surface area contributed by atoms with E-state index in [0.29, 0.717) is 18.3 Å². The van der Waals surface area contributed by atoms with Gasteiger partial charge in [0.25, 0.3) is 5.91 Å². The number of nitrogens with one attached hydrogen (secondary N) is 1. The van der Waals surface area contributed by atoms with Crippen molar-refractivity contribution in [2.75, 3.05) is 5.75 Å². The molecule has 4 aromatic rings. The first kappa shape index (κ1) is 27.1. The second-order valence-electron chi connectivity index (χ2n) is 9.80. The minimum Gasteiger partial charge on any atom is -0.489 e. The molecule has 196 valence electrons. The van der Waals surface area contributed by atoms with Gasteiger partial charge in [-0.25, -0.2) is 5.43 Å². The Morgan fingerprint density at radius 1 is 1.00 bits per heavy atom. The molecule has 0 radical (unpaired) electrons. The first-order valence-electron chi connectivity index (χ1n) is 12.6. The number of aromatic nitrogens is 3. The fourth-order valence-electron chi connectivity index (χ4n) is 3.75. The number of benzene rings is 3. The normalized spacial score (nSPS) is 11.6. The van der Waals surface area contributed by atoms with Gasteiger partial charge in [0.2, 0.25) is 0 Å². The Hall–Kier alpha value is -3.91. The molecule has 8 heteroatoms. The van der Waals surface area contributed by atoms with Crippen LogP contribution in [-0.2, 0) is 23.4 Å². The first-order valence-corrected chi connectivity index (χ1v) is 13.6. The van der Waals surface area contributed by atoms with Crippen molar-refractivity contribution in [3.8, 4) is 17.1 Å². The second kappa shape index (κ2) is 12.6. The van der Waals surface area contributed by atoms with Gasteiger partial charge in [0.15, 0.2) is 11.0 Å². The number of ether oxygens (including phenoxy) is 1. The van der Waals surface area contributed by atoms with E-state index < -0.39 is 0 Å². The number of hydrogen-bond acceptors (Lipinski definition) is 6. The van der Waals surface area contributed by atoms with Crippen LogP contribution in [0.15, 0.2) is 89.1 Å². The van der Waals surface area contributed by atoms with Crippen LogP contribution in [0.5, 0.6) is 5.75 Å². The summed E-state index contributed by atoms with van der Waals surface area (Å²) in [4.78, 5) is 12.4. The SMILES string of the molecule is CCn1c(SCC(=O)N/N=C\c2ccc(OCc3ccccc3)cc2)nnc1-c1ccc(C(C)(C)C)cc1. The van der Waals surface area contributed by atoms with Crippen molar-refractivity contribution in [2.45, 2.75) is 51.4 Å². The van der Waals surface area contributed by atoms with Crippen LogP contribution in [0.4, 0.5) is 0 Å². The van der Waals surface area contributed by atoms with Crippen LogP contribution < -0.4 is 10.2 Å². The molecule has 0 spiro atoms. The number of nitrogens with zero attached hydrogens (tertiary/aromatic N) is 4. The Balaban J connectivity index is 1.27. The van der Waals surface area contributed by atoms with Gasteiger partial charge in [-0.1, -0.05) is 87.1 Å². The Labute approximate surface area is 228 Å². The highest BCUT2D eigenvalue weighted by molar-refractivity contribution is 7.99. The molecule has 0 aliphatic rings. The topological polar surface area (TPSA) is 81.4 Å². The summed E-state index contributed by atoms with van der Waals surface area (Å²) in [6.45, 7) is 9.84.